The van der Waals surface area contributed by atoms with Gasteiger partial charge in [0.2, 0.25) is 5.78 Å². The fraction of sp³-hybridized carbons (Fsp3) is 0.125. The maximum Gasteiger partial charge on any atom is 0.329 e. The SMILES string of the molecule is CCc1c(C(=O)c2cccc3ccccc23)n(Cc2ccccc2)c(=O)[nH]c1=O. The van der Waals surface area contributed by atoms with E-state index in [0.29, 0.717) is 17.5 Å². The molecular weight excluding hydrogens is 364 g/mol. The first-order chi connectivity index (χ1) is 14.1. The van der Waals surface area contributed by atoms with Crippen LogP contribution in [0.2, 0.25) is 0 Å². The lowest BCUT2D eigenvalue weighted by atomic mass is 9.97. The number of carbonyl (C=O) groups excluding carboxylic acids is 1. The fourth-order valence-corrected chi connectivity index (χ4v) is 3.67. The van der Waals surface area contributed by atoms with Gasteiger partial charge in [-0.15, -0.1) is 0 Å². The summed E-state index contributed by atoms with van der Waals surface area (Å²) < 4.78 is 1.37. The van der Waals surface area contributed by atoms with Crippen molar-refractivity contribution < 1.29 is 4.79 Å². The van der Waals surface area contributed by atoms with Crippen LogP contribution >= 0.6 is 0 Å². The van der Waals surface area contributed by atoms with E-state index in [1.807, 2.05) is 73.7 Å². The molecular formula is C24H20N2O3. The predicted molar refractivity (Wildman–Crippen MR) is 114 cm³/mol. The molecule has 144 valence electrons. The molecule has 0 fully saturated rings. The summed E-state index contributed by atoms with van der Waals surface area (Å²) in [5.41, 5.74) is 0.727. The van der Waals surface area contributed by atoms with Crippen LogP contribution in [-0.2, 0) is 13.0 Å². The third-order valence-electron chi connectivity index (χ3n) is 5.08. The molecule has 3 aromatic carbocycles. The first-order valence-corrected chi connectivity index (χ1v) is 9.52. The number of nitrogens with one attached hydrogen (secondary N) is 1. The molecule has 0 amide bonds. The Kier molecular flexibility index (Phi) is 4.96. The van der Waals surface area contributed by atoms with Crippen LogP contribution in [0, 0.1) is 0 Å². The normalized spacial score (nSPS) is 10.9. The minimum atomic E-state index is -0.584. The molecule has 0 bridgehead atoms. The minimum absolute atomic E-state index is 0.154. The first kappa shape index (κ1) is 18.6. The van der Waals surface area contributed by atoms with E-state index >= 15 is 0 Å². The number of aromatic nitrogens is 2. The molecule has 4 aromatic rings. The van der Waals surface area contributed by atoms with Gasteiger partial charge in [0.1, 0.15) is 5.69 Å². The molecule has 1 heterocycles. The third-order valence-corrected chi connectivity index (χ3v) is 5.08. The van der Waals surface area contributed by atoms with Crippen molar-refractivity contribution in [2.75, 3.05) is 0 Å². The number of hydrogen-bond acceptors (Lipinski definition) is 3. The Bertz CT molecular complexity index is 1310. The van der Waals surface area contributed by atoms with E-state index in [-0.39, 0.29) is 18.0 Å². The zero-order chi connectivity index (χ0) is 20.4. The molecule has 0 unspecified atom stereocenters. The summed E-state index contributed by atoms with van der Waals surface area (Å²) >= 11 is 0. The van der Waals surface area contributed by atoms with Crippen LogP contribution in [0.4, 0.5) is 0 Å². The number of fused-ring (bicyclic) bond motifs is 1. The molecule has 5 nitrogen and oxygen atoms in total. The van der Waals surface area contributed by atoms with Crippen LogP contribution in [0.3, 0.4) is 0 Å². The van der Waals surface area contributed by atoms with Gasteiger partial charge in [-0.05, 0) is 22.8 Å². The summed E-state index contributed by atoms with van der Waals surface area (Å²) in [6.45, 7) is 2.01. The number of H-pyrrole nitrogens is 1. The van der Waals surface area contributed by atoms with Crippen molar-refractivity contribution in [2.24, 2.45) is 0 Å². The summed E-state index contributed by atoms with van der Waals surface area (Å²) in [6.07, 6.45) is 0.343. The lowest BCUT2D eigenvalue weighted by Crippen LogP contribution is -2.37. The lowest BCUT2D eigenvalue weighted by molar-refractivity contribution is 0.102. The molecule has 0 spiro atoms. The van der Waals surface area contributed by atoms with E-state index in [0.717, 1.165) is 16.3 Å². The Hall–Kier alpha value is -3.73. The Morgan fingerprint density at radius 1 is 0.897 bits per heavy atom. The van der Waals surface area contributed by atoms with Gasteiger partial charge in [0.05, 0.1) is 6.54 Å². The predicted octanol–water partition coefficient (Wildman–Crippen LogP) is 3.53. The number of aromatic amines is 1. The standard InChI is InChI=1S/C24H20N2O3/c1-2-18-21(22(27)20-14-8-12-17-11-6-7-13-19(17)20)26(24(29)25-23(18)28)15-16-9-4-3-5-10-16/h3-14H,2,15H2,1H3,(H,25,28,29). The number of hydrogen-bond donors (Lipinski definition) is 1. The monoisotopic (exact) mass is 384 g/mol. The summed E-state index contributed by atoms with van der Waals surface area (Å²) in [6, 6.07) is 22.5. The van der Waals surface area contributed by atoms with E-state index in [1.165, 1.54) is 4.57 Å². The van der Waals surface area contributed by atoms with Gasteiger partial charge in [-0.3, -0.25) is 19.1 Å². The second-order valence-electron chi connectivity index (χ2n) is 6.87. The topological polar surface area (TPSA) is 71.9 Å². The van der Waals surface area contributed by atoms with Crippen LogP contribution in [0.15, 0.2) is 82.4 Å². The van der Waals surface area contributed by atoms with E-state index in [4.69, 9.17) is 0 Å². The number of carbonyl (C=O) groups is 1. The highest BCUT2D eigenvalue weighted by Crippen LogP contribution is 2.22. The minimum Gasteiger partial charge on any atom is -0.287 e. The van der Waals surface area contributed by atoms with Crippen LogP contribution in [0.25, 0.3) is 10.8 Å². The molecule has 5 heteroatoms. The Morgan fingerprint density at radius 3 is 2.34 bits per heavy atom. The number of benzene rings is 3. The second-order valence-corrected chi connectivity index (χ2v) is 6.87. The highest BCUT2D eigenvalue weighted by atomic mass is 16.2. The van der Waals surface area contributed by atoms with Crippen LogP contribution in [0.1, 0.15) is 34.1 Å². The zero-order valence-corrected chi connectivity index (χ0v) is 16.0. The molecule has 1 N–H and O–H groups in total. The zero-order valence-electron chi connectivity index (χ0n) is 16.0. The molecule has 0 saturated carbocycles. The first-order valence-electron chi connectivity index (χ1n) is 9.52. The number of nitrogens with zero attached hydrogens (tertiary/aromatic N) is 1. The summed E-state index contributed by atoms with van der Waals surface area (Å²) in [5.74, 6) is -0.321. The van der Waals surface area contributed by atoms with Gasteiger partial charge in [0.25, 0.3) is 5.56 Å². The van der Waals surface area contributed by atoms with Gasteiger partial charge in [-0.2, -0.15) is 0 Å². The Labute approximate surface area is 167 Å². The van der Waals surface area contributed by atoms with E-state index in [1.54, 1.807) is 6.07 Å². The van der Waals surface area contributed by atoms with Gasteiger partial charge in [0, 0.05) is 11.1 Å². The summed E-state index contributed by atoms with van der Waals surface area (Å²) in [4.78, 5) is 41.2. The Morgan fingerprint density at radius 2 is 1.59 bits per heavy atom. The van der Waals surface area contributed by atoms with E-state index in [2.05, 4.69) is 4.98 Å². The maximum atomic E-state index is 13.6. The van der Waals surface area contributed by atoms with Gasteiger partial charge >= 0.3 is 5.69 Å². The molecule has 0 aliphatic heterocycles. The molecule has 0 atom stereocenters. The second kappa shape index (κ2) is 7.72. The molecule has 0 radical (unpaired) electrons. The number of ketones is 1. The molecule has 0 saturated heterocycles. The fourth-order valence-electron chi connectivity index (χ4n) is 3.67. The van der Waals surface area contributed by atoms with E-state index in [9.17, 15) is 14.4 Å². The van der Waals surface area contributed by atoms with Crippen LogP contribution in [-0.4, -0.2) is 15.3 Å². The average Bonchev–Trinajstić information content (AvgIpc) is 2.75. The van der Waals surface area contributed by atoms with Crippen molar-refractivity contribution >= 4 is 16.6 Å². The highest BCUT2D eigenvalue weighted by molar-refractivity contribution is 6.16. The van der Waals surface area contributed by atoms with Crippen molar-refractivity contribution in [3.8, 4) is 0 Å². The van der Waals surface area contributed by atoms with Crippen molar-refractivity contribution in [1.29, 1.82) is 0 Å². The quantitative estimate of drug-likeness (QED) is 0.535. The van der Waals surface area contributed by atoms with Gasteiger partial charge < -0.3 is 0 Å². The molecule has 1 aromatic heterocycles. The summed E-state index contributed by atoms with van der Waals surface area (Å²) in [5, 5.41) is 1.72. The van der Waals surface area contributed by atoms with Gasteiger partial charge in [0.15, 0.2) is 0 Å². The maximum absolute atomic E-state index is 13.6. The molecule has 29 heavy (non-hydrogen) atoms. The van der Waals surface area contributed by atoms with Gasteiger partial charge in [-0.1, -0.05) is 79.7 Å². The third kappa shape index (κ3) is 3.43. The van der Waals surface area contributed by atoms with Crippen molar-refractivity contribution in [2.45, 2.75) is 19.9 Å². The number of rotatable bonds is 5. The summed E-state index contributed by atoms with van der Waals surface area (Å²) in [7, 11) is 0. The average molecular weight is 384 g/mol. The van der Waals surface area contributed by atoms with Crippen LogP contribution < -0.4 is 11.2 Å². The van der Waals surface area contributed by atoms with Crippen molar-refractivity contribution in [3.05, 3.63) is 116 Å². The molecule has 0 aliphatic carbocycles. The molecule has 0 aliphatic rings. The Balaban J connectivity index is 1.97. The highest BCUT2D eigenvalue weighted by Gasteiger charge is 2.23. The molecule has 4 rings (SSSR count). The smallest absolute Gasteiger partial charge is 0.287 e. The van der Waals surface area contributed by atoms with Gasteiger partial charge in [-0.25, -0.2) is 4.79 Å². The largest absolute Gasteiger partial charge is 0.329 e. The van der Waals surface area contributed by atoms with Crippen LogP contribution in [0.5, 0.6) is 0 Å². The van der Waals surface area contributed by atoms with Crippen molar-refractivity contribution in [1.82, 2.24) is 9.55 Å². The lowest BCUT2D eigenvalue weighted by Gasteiger charge is -2.16. The van der Waals surface area contributed by atoms with Crippen molar-refractivity contribution in [3.63, 3.8) is 0 Å². The van der Waals surface area contributed by atoms with E-state index < -0.39 is 11.2 Å².